The molecule has 0 saturated carbocycles. The van der Waals surface area contributed by atoms with Gasteiger partial charge in [0.25, 0.3) is 5.91 Å². The van der Waals surface area contributed by atoms with E-state index in [1.54, 1.807) is 16.4 Å². The predicted molar refractivity (Wildman–Crippen MR) is 131 cm³/mol. The van der Waals surface area contributed by atoms with E-state index in [0.29, 0.717) is 36.5 Å². The topological polar surface area (TPSA) is 131 Å². The average molecular weight is 463 g/mol. The lowest BCUT2D eigenvalue weighted by atomic mass is 10.0. The van der Waals surface area contributed by atoms with Crippen molar-refractivity contribution in [3.05, 3.63) is 59.7 Å². The van der Waals surface area contributed by atoms with E-state index in [1.807, 2.05) is 43.3 Å². The number of hydrogen-bond acceptors (Lipinski definition) is 7. The molecular formula is C23H34N4O4S. The van der Waals surface area contributed by atoms with Gasteiger partial charge in [-0.2, -0.15) is 0 Å². The molecule has 1 aliphatic rings. The lowest BCUT2D eigenvalue weighted by Gasteiger charge is -2.47. The highest BCUT2D eigenvalue weighted by molar-refractivity contribution is 8.25. The number of amides is 1. The second-order valence-corrected chi connectivity index (χ2v) is 10.1. The normalized spacial score (nSPS) is 18.5. The molecule has 0 radical (unpaired) electrons. The molecule has 3 rings (SSSR count). The Kier molecular flexibility index (Phi) is 8.38. The highest BCUT2D eigenvalue weighted by atomic mass is 32.3. The summed E-state index contributed by atoms with van der Waals surface area (Å²) in [5.41, 5.74) is 8.35. The molecule has 1 aliphatic heterocycles. The zero-order chi connectivity index (χ0) is 23.1. The van der Waals surface area contributed by atoms with Gasteiger partial charge in [-0.25, -0.2) is 0 Å². The molecular weight excluding hydrogens is 428 g/mol. The molecule has 7 N–H and O–H groups in total. The zero-order valence-corrected chi connectivity index (χ0v) is 19.2. The Morgan fingerprint density at radius 2 is 1.94 bits per heavy atom. The quantitative estimate of drug-likeness (QED) is 0.338. The second kappa shape index (κ2) is 11.0. The van der Waals surface area contributed by atoms with Gasteiger partial charge < -0.3 is 21.5 Å². The van der Waals surface area contributed by atoms with Crippen LogP contribution in [0.15, 0.2) is 48.5 Å². The summed E-state index contributed by atoms with van der Waals surface area (Å²) in [7, 11) is -2.91. The largest absolute Gasteiger partial charge is 0.390 e. The van der Waals surface area contributed by atoms with Crippen molar-refractivity contribution in [2.75, 3.05) is 35.0 Å². The van der Waals surface area contributed by atoms with E-state index in [4.69, 9.17) is 5.73 Å². The Morgan fingerprint density at radius 3 is 2.59 bits per heavy atom. The minimum absolute atomic E-state index is 0.0230. The van der Waals surface area contributed by atoms with Crippen molar-refractivity contribution >= 4 is 28.1 Å². The van der Waals surface area contributed by atoms with E-state index in [-0.39, 0.29) is 12.5 Å². The van der Waals surface area contributed by atoms with Gasteiger partial charge in [0.05, 0.1) is 23.6 Å². The predicted octanol–water partition coefficient (Wildman–Crippen LogP) is 3.04. The first-order valence-electron chi connectivity index (χ1n) is 11.0. The van der Waals surface area contributed by atoms with E-state index in [9.17, 15) is 19.0 Å². The molecule has 9 heteroatoms. The molecule has 0 aliphatic carbocycles. The van der Waals surface area contributed by atoms with Crippen molar-refractivity contribution < 1.29 is 19.0 Å². The SMILES string of the molecule is CCNc1cc(C(=O)N[C@@H](Cc2ccccc2)[C@@H](O)CN)cc(N2CCCCS2(O)O)c1. The highest BCUT2D eigenvalue weighted by Crippen LogP contribution is 2.50. The number of nitrogens with one attached hydrogen (secondary N) is 2. The fourth-order valence-electron chi connectivity index (χ4n) is 3.87. The minimum atomic E-state index is -2.91. The molecule has 0 unspecified atom stereocenters. The molecule has 0 spiro atoms. The molecule has 1 fully saturated rings. The Morgan fingerprint density at radius 1 is 1.19 bits per heavy atom. The molecule has 1 heterocycles. The van der Waals surface area contributed by atoms with Gasteiger partial charge in [0.2, 0.25) is 0 Å². The van der Waals surface area contributed by atoms with Gasteiger partial charge in [-0.05, 0) is 49.9 Å². The van der Waals surface area contributed by atoms with Gasteiger partial charge in [0, 0.05) is 30.9 Å². The van der Waals surface area contributed by atoms with Crippen LogP contribution in [0.2, 0.25) is 0 Å². The van der Waals surface area contributed by atoms with Crippen LogP contribution in [0.4, 0.5) is 11.4 Å². The number of rotatable bonds is 9. The van der Waals surface area contributed by atoms with Gasteiger partial charge >= 0.3 is 0 Å². The van der Waals surface area contributed by atoms with Gasteiger partial charge in [0.1, 0.15) is 0 Å². The lowest BCUT2D eigenvalue weighted by Crippen LogP contribution is -2.47. The first-order chi connectivity index (χ1) is 15.3. The molecule has 176 valence electrons. The van der Waals surface area contributed by atoms with Gasteiger partial charge in [-0.15, -0.1) is 10.8 Å². The molecule has 2 aromatic carbocycles. The number of carbonyl (C=O) groups is 1. The van der Waals surface area contributed by atoms with E-state index in [2.05, 4.69) is 10.6 Å². The maximum absolute atomic E-state index is 13.2. The summed E-state index contributed by atoms with van der Waals surface area (Å²) in [6, 6.07) is 14.3. The van der Waals surface area contributed by atoms with Gasteiger partial charge in [0.15, 0.2) is 0 Å². The molecule has 1 saturated heterocycles. The van der Waals surface area contributed by atoms with Gasteiger partial charge in [-0.1, -0.05) is 30.3 Å². The fourth-order valence-corrected chi connectivity index (χ4v) is 5.54. The summed E-state index contributed by atoms with van der Waals surface area (Å²) in [6.45, 7) is 3.15. The van der Waals surface area contributed by atoms with Crippen LogP contribution in [0.1, 0.15) is 35.7 Å². The molecule has 2 aromatic rings. The number of aliphatic hydroxyl groups excluding tert-OH is 1. The maximum Gasteiger partial charge on any atom is 0.251 e. The summed E-state index contributed by atoms with van der Waals surface area (Å²) in [4.78, 5) is 13.2. The maximum atomic E-state index is 13.2. The average Bonchev–Trinajstić information content (AvgIpc) is 2.78. The molecule has 8 nitrogen and oxygen atoms in total. The first-order valence-corrected chi connectivity index (χ1v) is 12.7. The lowest BCUT2D eigenvalue weighted by molar-refractivity contribution is 0.0845. The van der Waals surface area contributed by atoms with Crippen molar-refractivity contribution in [1.29, 1.82) is 0 Å². The van der Waals surface area contributed by atoms with Crippen molar-refractivity contribution in [2.45, 2.75) is 38.3 Å². The van der Waals surface area contributed by atoms with Crippen LogP contribution in [0.3, 0.4) is 0 Å². The third-order valence-electron chi connectivity index (χ3n) is 5.55. The Hall–Kier alpha value is -2.30. The Labute approximate surface area is 191 Å². The summed E-state index contributed by atoms with van der Waals surface area (Å²) >= 11 is 0. The number of nitrogens with zero attached hydrogens (tertiary/aromatic N) is 1. The number of anilines is 2. The van der Waals surface area contributed by atoms with Crippen LogP contribution < -0.4 is 20.7 Å². The van der Waals surface area contributed by atoms with Gasteiger partial charge in [-0.3, -0.25) is 18.2 Å². The summed E-state index contributed by atoms with van der Waals surface area (Å²) in [5.74, 6) is -0.0325. The van der Waals surface area contributed by atoms with Crippen molar-refractivity contribution in [3.63, 3.8) is 0 Å². The number of nitrogens with two attached hydrogens (primary N) is 1. The smallest absolute Gasteiger partial charge is 0.251 e. The number of carbonyl (C=O) groups excluding carboxylic acids is 1. The summed E-state index contributed by atoms with van der Waals surface area (Å²) in [5, 5.41) is 16.5. The van der Waals surface area contributed by atoms with E-state index in [1.165, 1.54) is 0 Å². The van der Waals surface area contributed by atoms with E-state index in [0.717, 1.165) is 24.1 Å². The molecule has 2 atom stereocenters. The van der Waals surface area contributed by atoms with E-state index >= 15 is 0 Å². The Balaban J connectivity index is 1.87. The Bertz CT molecular complexity index is 897. The van der Waals surface area contributed by atoms with Crippen molar-refractivity contribution in [3.8, 4) is 0 Å². The monoisotopic (exact) mass is 462 g/mol. The summed E-state index contributed by atoms with van der Waals surface area (Å²) in [6.07, 6.45) is 1.16. The fraction of sp³-hybridized carbons (Fsp3) is 0.435. The summed E-state index contributed by atoms with van der Waals surface area (Å²) < 4.78 is 22.7. The van der Waals surface area contributed by atoms with Crippen LogP contribution in [0, 0.1) is 0 Å². The number of benzene rings is 2. The number of hydrogen-bond donors (Lipinski definition) is 6. The zero-order valence-electron chi connectivity index (χ0n) is 18.4. The van der Waals surface area contributed by atoms with Crippen LogP contribution in [0.5, 0.6) is 0 Å². The highest BCUT2D eigenvalue weighted by Gasteiger charge is 2.28. The second-order valence-electron chi connectivity index (χ2n) is 8.02. The van der Waals surface area contributed by atoms with Crippen LogP contribution >= 0.6 is 10.8 Å². The van der Waals surface area contributed by atoms with Crippen LogP contribution in [-0.4, -0.2) is 57.7 Å². The van der Waals surface area contributed by atoms with Crippen molar-refractivity contribution in [1.82, 2.24) is 5.32 Å². The third-order valence-corrected chi connectivity index (χ3v) is 7.49. The third kappa shape index (κ3) is 6.14. The van der Waals surface area contributed by atoms with Crippen LogP contribution in [0.25, 0.3) is 0 Å². The minimum Gasteiger partial charge on any atom is -0.390 e. The number of aliphatic hydroxyl groups is 1. The first kappa shape index (κ1) is 24.3. The van der Waals surface area contributed by atoms with E-state index < -0.39 is 22.9 Å². The molecule has 0 bridgehead atoms. The standard InChI is InChI=1S/C23H34N4O4S/c1-2-25-19-13-18(14-20(15-19)27-10-6-7-11-32(27,30)31)23(29)26-21(22(28)16-24)12-17-8-4-3-5-9-17/h3-5,8-9,13-15,21-22,25,28,30-31H,2,6-7,10-12,16,24H2,1H3,(H,26,29)/t21-,22-/m0/s1. The molecule has 32 heavy (non-hydrogen) atoms. The molecule has 0 aromatic heterocycles. The van der Waals surface area contributed by atoms with Crippen molar-refractivity contribution in [2.24, 2.45) is 5.73 Å². The van der Waals surface area contributed by atoms with Crippen LogP contribution in [-0.2, 0) is 6.42 Å². The molecule has 1 amide bonds.